The van der Waals surface area contributed by atoms with E-state index in [2.05, 4.69) is 30.3 Å². The molecule has 1 N–H and O–H groups in total. The maximum absolute atomic E-state index is 5.79. The molecule has 3 nitrogen and oxygen atoms in total. The van der Waals surface area contributed by atoms with E-state index in [1.807, 2.05) is 7.05 Å². The third-order valence-corrected chi connectivity index (χ3v) is 5.29. The van der Waals surface area contributed by atoms with Crippen molar-refractivity contribution in [1.29, 1.82) is 0 Å². The van der Waals surface area contributed by atoms with Gasteiger partial charge in [-0.25, -0.2) is 0 Å². The number of aryl methyl sites for hydroxylation is 1. The van der Waals surface area contributed by atoms with E-state index in [4.69, 9.17) is 4.42 Å². The number of rotatable bonds is 6. The van der Waals surface area contributed by atoms with E-state index >= 15 is 0 Å². The molecule has 0 radical (unpaired) electrons. The Morgan fingerprint density at radius 3 is 2.85 bits per heavy atom. The van der Waals surface area contributed by atoms with Crippen molar-refractivity contribution in [3.8, 4) is 0 Å². The first-order valence-corrected chi connectivity index (χ1v) is 8.07. The van der Waals surface area contributed by atoms with Gasteiger partial charge < -0.3 is 14.6 Å². The summed E-state index contributed by atoms with van der Waals surface area (Å²) < 4.78 is 5.79. The number of nitrogens with one attached hydrogen (secondary N) is 1. The standard InChI is InChI=1S/C17H28N2O/c1-12-15(8-17(20-12)9-18-2)10-19(3)11-16-7-13-4-5-14(16)6-13/h8,13-14,16,18H,4-7,9-11H2,1-3H3. The monoisotopic (exact) mass is 276 g/mol. The maximum Gasteiger partial charge on any atom is 0.118 e. The van der Waals surface area contributed by atoms with E-state index < -0.39 is 0 Å². The first-order valence-electron chi connectivity index (χ1n) is 8.07. The Balaban J connectivity index is 1.54. The minimum atomic E-state index is 0.816. The van der Waals surface area contributed by atoms with E-state index in [9.17, 15) is 0 Å². The summed E-state index contributed by atoms with van der Waals surface area (Å²) >= 11 is 0. The lowest BCUT2D eigenvalue weighted by atomic mass is 9.88. The highest BCUT2D eigenvalue weighted by atomic mass is 16.3. The van der Waals surface area contributed by atoms with Gasteiger partial charge in [0.2, 0.25) is 0 Å². The van der Waals surface area contributed by atoms with Crippen LogP contribution in [0.3, 0.4) is 0 Å². The quantitative estimate of drug-likeness (QED) is 0.865. The Hall–Kier alpha value is -0.800. The first kappa shape index (κ1) is 14.2. The number of furan rings is 1. The molecule has 1 aromatic heterocycles. The summed E-state index contributed by atoms with van der Waals surface area (Å²) in [5, 5.41) is 3.15. The van der Waals surface area contributed by atoms with Crippen LogP contribution >= 0.6 is 0 Å². The lowest BCUT2D eigenvalue weighted by Crippen LogP contribution is -2.28. The molecule has 3 heteroatoms. The molecule has 3 atom stereocenters. The van der Waals surface area contributed by atoms with Crippen molar-refractivity contribution in [2.45, 2.75) is 45.7 Å². The molecule has 2 aliphatic carbocycles. The number of nitrogens with zero attached hydrogens (tertiary/aromatic N) is 1. The minimum absolute atomic E-state index is 0.816. The van der Waals surface area contributed by atoms with Gasteiger partial charge in [0.15, 0.2) is 0 Å². The van der Waals surface area contributed by atoms with Gasteiger partial charge in [-0.15, -0.1) is 0 Å². The Morgan fingerprint density at radius 1 is 1.35 bits per heavy atom. The highest BCUT2D eigenvalue weighted by Gasteiger charge is 2.39. The number of fused-ring (bicyclic) bond motifs is 2. The molecule has 0 saturated heterocycles. The fraction of sp³-hybridized carbons (Fsp3) is 0.765. The van der Waals surface area contributed by atoms with Crippen molar-refractivity contribution in [3.63, 3.8) is 0 Å². The molecule has 2 fully saturated rings. The van der Waals surface area contributed by atoms with Crippen molar-refractivity contribution < 1.29 is 4.42 Å². The van der Waals surface area contributed by atoms with Crippen LogP contribution in [-0.4, -0.2) is 25.5 Å². The van der Waals surface area contributed by atoms with Crippen molar-refractivity contribution in [1.82, 2.24) is 10.2 Å². The lowest BCUT2D eigenvalue weighted by Gasteiger charge is -2.27. The van der Waals surface area contributed by atoms with Gasteiger partial charge in [0.05, 0.1) is 6.54 Å². The molecule has 0 aliphatic heterocycles. The molecule has 1 heterocycles. The second-order valence-electron chi connectivity index (χ2n) is 6.96. The Kier molecular flexibility index (Phi) is 4.18. The fourth-order valence-corrected chi connectivity index (χ4v) is 4.36. The van der Waals surface area contributed by atoms with Gasteiger partial charge in [0.25, 0.3) is 0 Å². The van der Waals surface area contributed by atoms with Crippen LogP contribution in [0.25, 0.3) is 0 Å². The van der Waals surface area contributed by atoms with Gasteiger partial charge in [0.1, 0.15) is 11.5 Å². The molecule has 2 saturated carbocycles. The second kappa shape index (κ2) is 5.90. The van der Waals surface area contributed by atoms with Crippen LogP contribution in [0.4, 0.5) is 0 Å². The van der Waals surface area contributed by atoms with E-state index in [0.29, 0.717) is 0 Å². The molecule has 0 amide bonds. The van der Waals surface area contributed by atoms with Gasteiger partial charge in [-0.05, 0) is 64.1 Å². The largest absolute Gasteiger partial charge is 0.465 e. The normalized spacial score (nSPS) is 28.7. The van der Waals surface area contributed by atoms with Crippen LogP contribution < -0.4 is 5.32 Å². The summed E-state index contributed by atoms with van der Waals surface area (Å²) in [5.41, 5.74) is 1.35. The minimum Gasteiger partial charge on any atom is -0.465 e. The lowest BCUT2D eigenvalue weighted by molar-refractivity contribution is 0.214. The molecule has 0 aromatic carbocycles. The van der Waals surface area contributed by atoms with E-state index in [-0.39, 0.29) is 0 Å². The molecular weight excluding hydrogens is 248 g/mol. The van der Waals surface area contributed by atoms with Crippen molar-refractivity contribution in [2.75, 3.05) is 20.6 Å². The zero-order valence-corrected chi connectivity index (χ0v) is 13.1. The molecule has 0 spiro atoms. The average Bonchev–Trinajstić information content (AvgIpc) is 3.07. The molecule has 112 valence electrons. The Morgan fingerprint density at radius 2 is 2.20 bits per heavy atom. The van der Waals surface area contributed by atoms with Crippen LogP contribution in [0.2, 0.25) is 0 Å². The summed E-state index contributed by atoms with van der Waals surface area (Å²) in [5.74, 6) is 5.15. The molecule has 1 aromatic rings. The van der Waals surface area contributed by atoms with Crippen LogP contribution in [0.5, 0.6) is 0 Å². The summed E-state index contributed by atoms with van der Waals surface area (Å²) in [7, 11) is 4.22. The summed E-state index contributed by atoms with van der Waals surface area (Å²) in [4.78, 5) is 2.49. The molecule has 2 aliphatic rings. The number of hydrogen-bond donors (Lipinski definition) is 1. The number of hydrogen-bond acceptors (Lipinski definition) is 3. The summed E-state index contributed by atoms with van der Waals surface area (Å²) in [6, 6.07) is 2.21. The highest BCUT2D eigenvalue weighted by molar-refractivity contribution is 5.20. The molecule has 2 bridgehead atoms. The zero-order chi connectivity index (χ0) is 14.1. The molecule has 3 unspecified atom stereocenters. The van der Waals surface area contributed by atoms with E-state index in [0.717, 1.165) is 42.4 Å². The Bertz CT molecular complexity index is 454. The summed E-state index contributed by atoms with van der Waals surface area (Å²) in [6.07, 6.45) is 5.97. The van der Waals surface area contributed by atoms with E-state index in [1.54, 1.807) is 0 Å². The third-order valence-electron chi connectivity index (χ3n) is 5.29. The zero-order valence-electron chi connectivity index (χ0n) is 13.1. The van der Waals surface area contributed by atoms with Gasteiger partial charge in [-0.3, -0.25) is 0 Å². The first-order chi connectivity index (χ1) is 9.65. The Labute approximate surface area is 122 Å². The maximum atomic E-state index is 5.79. The fourth-order valence-electron chi connectivity index (χ4n) is 4.36. The van der Waals surface area contributed by atoms with E-state index in [1.165, 1.54) is 37.8 Å². The van der Waals surface area contributed by atoms with Gasteiger partial charge in [-0.2, -0.15) is 0 Å². The third kappa shape index (κ3) is 2.94. The highest BCUT2D eigenvalue weighted by Crippen LogP contribution is 2.48. The van der Waals surface area contributed by atoms with Crippen LogP contribution in [0.15, 0.2) is 10.5 Å². The van der Waals surface area contributed by atoms with Gasteiger partial charge in [0, 0.05) is 18.7 Å². The van der Waals surface area contributed by atoms with Crippen LogP contribution in [0.1, 0.15) is 42.8 Å². The van der Waals surface area contributed by atoms with Crippen molar-refractivity contribution >= 4 is 0 Å². The van der Waals surface area contributed by atoms with Crippen LogP contribution in [0, 0.1) is 24.7 Å². The van der Waals surface area contributed by atoms with Gasteiger partial charge >= 0.3 is 0 Å². The average molecular weight is 276 g/mol. The predicted molar refractivity (Wildman–Crippen MR) is 81.5 cm³/mol. The molecular formula is C17H28N2O. The smallest absolute Gasteiger partial charge is 0.118 e. The topological polar surface area (TPSA) is 28.4 Å². The summed E-state index contributed by atoms with van der Waals surface area (Å²) in [6.45, 7) is 5.18. The van der Waals surface area contributed by atoms with Crippen LogP contribution in [-0.2, 0) is 13.1 Å². The molecule has 3 rings (SSSR count). The molecule has 20 heavy (non-hydrogen) atoms. The van der Waals surface area contributed by atoms with Gasteiger partial charge in [-0.1, -0.05) is 6.42 Å². The van der Waals surface area contributed by atoms with Crippen molar-refractivity contribution in [2.24, 2.45) is 17.8 Å². The second-order valence-corrected chi connectivity index (χ2v) is 6.96. The van der Waals surface area contributed by atoms with Crippen molar-refractivity contribution in [3.05, 3.63) is 23.2 Å². The SMILES string of the molecule is CNCc1cc(CN(C)CC2CC3CCC2C3)c(C)o1. The predicted octanol–water partition coefficient (Wildman–Crippen LogP) is 3.18.